The Bertz CT molecular complexity index is 602. The molecule has 1 aromatic carbocycles. The summed E-state index contributed by atoms with van der Waals surface area (Å²) in [6, 6.07) is 7.27. The van der Waals surface area contributed by atoms with Crippen LogP contribution in [0.15, 0.2) is 58.1 Å². The standard InChI is InChI=1S/C15H12N2O2/c18-10-16-14-6-4-12(5-7-14)8-13-2-1-3-15(9-13)17-11-19/h1-2,4-7,9,15H,3,8H2. The van der Waals surface area contributed by atoms with Crippen LogP contribution in [0.3, 0.4) is 0 Å². The van der Waals surface area contributed by atoms with Crippen molar-refractivity contribution in [2.75, 3.05) is 0 Å². The van der Waals surface area contributed by atoms with Crippen LogP contribution >= 0.6 is 0 Å². The lowest BCUT2D eigenvalue weighted by molar-refractivity contribution is 0.560. The molecule has 0 N–H and O–H groups in total. The molecule has 94 valence electrons. The Morgan fingerprint density at radius 3 is 2.63 bits per heavy atom. The van der Waals surface area contributed by atoms with Gasteiger partial charge < -0.3 is 0 Å². The van der Waals surface area contributed by atoms with Gasteiger partial charge in [-0.1, -0.05) is 30.4 Å². The van der Waals surface area contributed by atoms with Gasteiger partial charge in [-0.05, 0) is 36.1 Å². The highest BCUT2D eigenvalue weighted by molar-refractivity contribution is 5.49. The Balaban J connectivity index is 2.10. The van der Waals surface area contributed by atoms with Gasteiger partial charge in [-0.25, -0.2) is 9.59 Å². The largest absolute Gasteiger partial charge is 0.240 e. The van der Waals surface area contributed by atoms with Gasteiger partial charge in [-0.2, -0.15) is 9.98 Å². The van der Waals surface area contributed by atoms with Crippen molar-refractivity contribution in [1.29, 1.82) is 0 Å². The molecule has 1 unspecified atom stereocenters. The lowest BCUT2D eigenvalue weighted by Crippen LogP contribution is -2.04. The fraction of sp³-hybridized carbons (Fsp3) is 0.200. The molecule has 4 heteroatoms. The van der Waals surface area contributed by atoms with Gasteiger partial charge in [-0.3, -0.25) is 0 Å². The average molecular weight is 252 g/mol. The van der Waals surface area contributed by atoms with E-state index in [1.54, 1.807) is 18.2 Å². The van der Waals surface area contributed by atoms with Gasteiger partial charge >= 0.3 is 0 Å². The van der Waals surface area contributed by atoms with Crippen LogP contribution in [0.4, 0.5) is 5.69 Å². The summed E-state index contributed by atoms with van der Waals surface area (Å²) in [7, 11) is 0. The molecule has 0 fully saturated rings. The molecule has 0 spiro atoms. The third-order valence-corrected chi connectivity index (χ3v) is 2.85. The van der Waals surface area contributed by atoms with E-state index in [0.29, 0.717) is 5.69 Å². The Morgan fingerprint density at radius 2 is 1.95 bits per heavy atom. The summed E-state index contributed by atoms with van der Waals surface area (Å²) in [5.74, 6) is 0. The van der Waals surface area contributed by atoms with Gasteiger partial charge in [0.2, 0.25) is 12.2 Å². The van der Waals surface area contributed by atoms with Crippen molar-refractivity contribution in [2.24, 2.45) is 9.98 Å². The van der Waals surface area contributed by atoms with E-state index in [9.17, 15) is 9.59 Å². The summed E-state index contributed by atoms with van der Waals surface area (Å²) in [5, 5.41) is 0. The summed E-state index contributed by atoms with van der Waals surface area (Å²) < 4.78 is 0. The van der Waals surface area contributed by atoms with E-state index >= 15 is 0 Å². The van der Waals surface area contributed by atoms with E-state index in [2.05, 4.69) is 9.98 Å². The molecule has 1 aromatic rings. The number of isocyanates is 2. The maximum Gasteiger partial charge on any atom is 0.240 e. The molecule has 0 aromatic heterocycles. The van der Waals surface area contributed by atoms with Crippen LogP contribution in [0.2, 0.25) is 0 Å². The highest BCUT2D eigenvalue weighted by Crippen LogP contribution is 2.19. The van der Waals surface area contributed by atoms with Crippen LogP contribution in [0.25, 0.3) is 0 Å². The number of allylic oxidation sites excluding steroid dienone is 2. The SMILES string of the molecule is O=C=Nc1ccc(CC2=CC(N=C=O)CC=C2)cc1. The second kappa shape index (κ2) is 6.41. The Hall–Kier alpha value is -2.54. The quantitative estimate of drug-likeness (QED) is 0.611. The Morgan fingerprint density at radius 1 is 1.16 bits per heavy atom. The summed E-state index contributed by atoms with van der Waals surface area (Å²) in [4.78, 5) is 27.6. The minimum Gasteiger partial charge on any atom is -0.211 e. The van der Waals surface area contributed by atoms with E-state index < -0.39 is 0 Å². The number of nitrogens with zero attached hydrogens (tertiary/aromatic N) is 2. The van der Waals surface area contributed by atoms with Crippen LogP contribution < -0.4 is 0 Å². The third-order valence-electron chi connectivity index (χ3n) is 2.85. The van der Waals surface area contributed by atoms with Crippen molar-refractivity contribution in [1.82, 2.24) is 0 Å². The number of hydrogen-bond acceptors (Lipinski definition) is 4. The first kappa shape index (κ1) is 12.9. The van der Waals surface area contributed by atoms with Crippen molar-refractivity contribution in [2.45, 2.75) is 18.9 Å². The predicted molar refractivity (Wildman–Crippen MR) is 71.7 cm³/mol. The van der Waals surface area contributed by atoms with Crippen molar-refractivity contribution in [3.05, 3.63) is 53.6 Å². The molecule has 0 saturated heterocycles. The fourth-order valence-corrected chi connectivity index (χ4v) is 1.98. The van der Waals surface area contributed by atoms with Gasteiger partial charge in [0.25, 0.3) is 0 Å². The fourth-order valence-electron chi connectivity index (χ4n) is 1.98. The highest BCUT2D eigenvalue weighted by Gasteiger charge is 2.08. The van der Waals surface area contributed by atoms with E-state index in [4.69, 9.17) is 0 Å². The van der Waals surface area contributed by atoms with Crippen LogP contribution in [0, 0.1) is 0 Å². The number of hydrogen-bond donors (Lipinski definition) is 0. The summed E-state index contributed by atoms with van der Waals surface area (Å²) in [6.07, 6.45) is 10.6. The molecule has 0 bridgehead atoms. The molecular weight excluding hydrogens is 240 g/mol. The zero-order valence-corrected chi connectivity index (χ0v) is 10.2. The summed E-state index contributed by atoms with van der Waals surface area (Å²) >= 11 is 0. The number of benzene rings is 1. The molecule has 0 amide bonds. The first-order valence-corrected chi connectivity index (χ1v) is 5.93. The first-order valence-electron chi connectivity index (χ1n) is 5.93. The lowest BCUT2D eigenvalue weighted by atomic mass is 9.97. The number of carbonyl (C=O) groups excluding carboxylic acids is 2. The van der Waals surface area contributed by atoms with E-state index in [1.807, 2.05) is 30.4 Å². The van der Waals surface area contributed by atoms with Gasteiger partial charge in [-0.15, -0.1) is 0 Å². The van der Waals surface area contributed by atoms with Gasteiger partial charge in [0.15, 0.2) is 0 Å². The second-order valence-electron chi connectivity index (χ2n) is 4.21. The molecule has 0 heterocycles. The monoisotopic (exact) mass is 252 g/mol. The Labute approximate surface area is 110 Å². The van der Waals surface area contributed by atoms with Gasteiger partial charge in [0.05, 0.1) is 11.7 Å². The molecule has 1 aliphatic rings. The third kappa shape index (κ3) is 3.71. The van der Waals surface area contributed by atoms with Crippen molar-refractivity contribution < 1.29 is 9.59 Å². The van der Waals surface area contributed by atoms with E-state index in [1.165, 1.54) is 6.08 Å². The topological polar surface area (TPSA) is 58.9 Å². The minimum atomic E-state index is -0.101. The normalized spacial score (nSPS) is 17.1. The second-order valence-corrected chi connectivity index (χ2v) is 4.21. The number of rotatable bonds is 4. The molecule has 0 aliphatic heterocycles. The maximum absolute atomic E-state index is 10.3. The zero-order valence-electron chi connectivity index (χ0n) is 10.2. The zero-order chi connectivity index (χ0) is 13.5. The van der Waals surface area contributed by atoms with E-state index in [0.717, 1.165) is 24.0 Å². The maximum atomic E-state index is 10.3. The molecule has 0 radical (unpaired) electrons. The average Bonchev–Trinajstić information content (AvgIpc) is 2.42. The van der Waals surface area contributed by atoms with Crippen molar-refractivity contribution in [3.63, 3.8) is 0 Å². The van der Waals surface area contributed by atoms with Crippen LogP contribution in [-0.4, -0.2) is 18.2 Å². The smallest absolute Gasteiger partial charge is 0.211 e. The summed E-state index contributed by atoms with van der Waals surface area (Å²) in [5.41, 5.74) is 2.81. The minimum absolute atomic E-state index is 0.101. The van der Waals surface area contributed by atoms with Crippen LogP contribution in [-0.2, 0) is 16.0 Å². The van der Waals surface area contributed by atoms with Crippen LogP contribution in [0.5, 0.6) is 0 Å². The van der Waals surface area contributed by atoms with E-state index in [-0.39, 0.29) is 6.04 Å². The van der Waals surface area contributed by atoms with Gasteiger partial charge in [0, 0.05) is 0 Å². The van der Waals surface area contributed by atoms with Gasteiger partial charge in [0.1, 0.15) is 0 Å². The molecule has 4 nitrogen and oxygen atoms in total. The highest BCUT2D eigenvalue weighted by atomic mass is 16.1. The predicted octanol–water partition coefficient (Wildman–Crippen LogP) is 2.79. The van der Waals surface area contributed by atoms with Crippen LogP contribution in [0.1, 0.15) is 12.0 Å². The van der Waals surface area contributed by atoms with Crippen molar-refractivity contribution in [3.8, 4) is 0 Å². The molecular formula is C15H12N2O2. The lowest BCUT2D eigenvalue weighted by Gasteiger charge is -2.11. The van der Waals surface area contributed by atoms with Crippen molar-refractivity contribution >= 4 is 17.8 Å². The first-order chi connectivity index (χ1) is 9.31. The molecule has 1 atom stereocenters. The molecule has 0 saturated carbocycles. The molecule has 2 rings (SSSR count). The number of aliphatic imine (C=N–C) groups is 2. The summed E-state index contributed by atoms with van der Waals surface area (Å²) in [6.45, 7) is 0. The molecule has 1 aliphatic carbocycles. The Kier molecular flexibility index (Phi) is 4.35. The molecule has 19 heavy (non-hydrogen) atoms.